The summed E-state index contributed by atoms with van der Waals surface area (Å²) in [6, 6.07) is 16.3. The Balaban J connectivity index is 1.41. The topological polar surface area (TPSA) is 89.4 Å². The van der Waals surface area contributed by atoms with E-state index < -0.39 is 0 Å². The number of amides is 2. The van der Waals surface area contributed by atoms with Gasteiger partial charge < -0.3 is 15.4 Å². The van der Waals surface area contributed by atoms with E-state index in [9.17, 15) is 14.4 Å². The van der Waals surface area contributed by atoms with Gasteiger partial charge >= 0.3 is 0 Å². The number of rotatable bonds is 6. The quantitative estimate of drug-likeness (QED) is 0.582. The minimum absolute atomic E-state index is 0.141. The number of benzene rings is 2. The van der Waals surface area contributed by atoms with Crippen LogP contribution in [-0.2, 0) is 0 Å². The molecule has 1 aliphatic carbocycles. The van der Waals surface area contributed by atoms with Gasteiger partial charge in [-0.1, -0.05) is 17.7 Å². The molecule has 7 nitrogen and oxygen atoms in total. The third-order valence-corrected chi connectivity index (χ3v) is 6.10. The van der Waals surface area contributed by atoms with E-state index in [1.54, 1.807) is 60.8 Å². The van der Waals surface area contributed by atoms with E-state index >= 15 is 0 Å². The van der Waals surface area contributed by atoms with Crippen LogP contribution < -0.4 is 20.9 Å². The lowest BCUT2D eigenvalue weighted by Crippen LogP contribution is -2.48. The van der Waals surface area contributed by atoms with Crippen molar-refractivity contribution in [3.63, 3.8) is 0 Å². The van der Waals surface area contributed by atoms with Crippen molar-refractivity contribution in [3.8, 4) is 11.4 Å². The monoisotopic (exact) mass is 465 g/mol. The van der Waals surface area contributed by atoms with Crippen molar-refractivity contribution in [2.75, 3.05) is 7.11 Å². The van der Waals surface area contributed by atoms with Crippen LogP contribution in [0.25, 0.3) is 5.69 Å². The summed E-state index contributed by atoms with van der Waals surface area (Å²) >= 11 is 6.04. The lowest BCUT2D eigenvalue weighted by molar-refractivity contribution is 0.0891. The third kappa shape index (κ3) is 5.09. The maximum atomic E-state index is 12.8. The Bertz CT molecular complexity index is 1220. The average molecular weight is 466 g/mol. The van der Waals surface area contributed by atoms with Crippen LogP contribution in [0.1, 0.15) is 40.0 Å². The molecule has 1 saturated carbocycles. The van der Waals surface area contributed by atoms with Gasteiger partial charge in [-0.25, -0.2) is 0 Å². The van der Waals surface area contributed by atoms with E-state index in [-0.39, 0.29) is 29.5 Å². The minimum Gasteiger partial charge on any atom is -0.495 e. The molecular weight excluding hydrogens is 442 g/mol. The van der Waals surface area contributed by atoms with Crippen LogP contribution in [0.5, 0.6) is 5.75 Å². The Morgan fingerprint density at radius 1 is 0.939 bits per heavy atom. The number of hydrogen-bond acceptors (Lipinski definition) is 4. The number of pyridine rings is 1. The van der Waals surface area contributed by atoms with Crippen molar-refractivity contribution < 1.29 is 14.3 Å². The standard InChI is InChI=1S/C25H24ClN3O4/c1-33-22-15-17(10-13-19(22)26)25(32)28-21-6-4-5-20(21)27-24(31)16-8-11-18(12-9-16)29-14-3-2-7-23(29)30/h2-3,7-15,20-21H,4-6H2,1H3,(H,27,31)(H,28,32)/t20-,21?/m0/s1. The molecule has 1 aliphatic rings. The van der Waals surface area contributed by atoms with Gasteiger partial charge in [0.1, 0.15) is 5.75 Å². The maximum absolute atomic E-state index is 12.8. The van der Waals surface area contributed by atoms with E-state index in [1.165, 1.54) is 17.7 Å². The average Bonchev–Trinajstić information content (AvgIpc) is 3.26. The minimum atomic E-state index is -0.242. The van der Waals surface area contributed by atoms with Gasteiger partial charge in [-0.3, -0.25) is 19.0 Å². The number of nitrogens with zero attached hydrogens (tertiary/aromatic N) is 1. The highest BCUT2D eigenvalue weighted by Crippen LogP contribution is 2.26. The summed E-state index contributed by atoms with van der Waals surface area (Å²) in [5.41, 5.74) is 1.47. The zero-order valence-electron chi connectivity index (χ0n) is 18.1. The van der Waals surface area contributed by atoms with Crippen LogP contribution >= 0.6 is 11.6 Å². The third-order valence-electron chi connectivity index (χ3n) is 5.79. The summed E-state index contributed by atoms with van der Waals surface area (Å²) in [7, 11) is 1.50. The molecule has 4 rings (SSSR count). The van der Waals surface area contributed by atoms with Crippen molar-refractivity contribution in [1.29, 1.82) is 0 Å². The van der Waals surface area contributed by atoms with Crippen molar-refractivity contribution in [3.05, 3.63) is 93.4 Å². The van der Waals surface area contributed by atoms with Crippen LogP contribution in [0.4, 0.5) is 0 Å². The molecule has 0 spiro atoms. The Morgan fingerprint density at radius 3 is 2.21 bits per heavy atom. The van der Waals surface area contributed by atoms with Crippen LogP contribution in [0.15, 0.2) is 71.7 Å². The lowest BCUT2D eigenvalue weighted by Gasteiger charge is -2.22. The van der Waals surface area contributed by atoms with E-state index in [2.05, 4.69) is 10.6 Å². The zero-order valence-corrected chi connectivity index (χ0v) is 18.8. The number of aromatic nitrogens is 1. The molecule has 0 radical (unpaired) electrons. The Hall–Kier alpha value is -3.58. The second-order valence-corrected chi connectivity index (χ2v) is 8.30. The first kappa shape index (κ1) is 22.6. The molecule has 33 heavy (non-hydrogen) atoms. The number of nitrogens with one attached hydrogen (secondary N) is 2. The molecule has 2 atom stereocenters. The number of hydrogen-bond donors (Lipinski definition) is 2. The molecule has 8 heteroatoms. The summed E-state index contributed by atoms with van der Waals surface area (Å²) < 4.78 is 6.69. The number of carbonyl (C=O) groups excluding carboxylic acids is 2. The summed E-state index contributed by atoms with van der Waals surface area (Å²) in [6.45, 7) is 0. The predicted octanol–water partition coefficient (Wildman–Crippen LogP) is 3.58. The first-order valence-electron chi connectivity index (χ1n) is 10.7. The zero-order chi connectivity index (χ0) is 23.4. The maximum Gasteiger partial charge on any atom is 0.255 e. The summed E-state index contributed by atoms with van der Waals surface area (Å²) in [6.07, 6.45) is 4.13. The molecule has 1 unspecified atom stereocenters. The van der Waals surface area contributed by atoms with Gasteiger partial charge in [0.2, 0.25) is 0 Å². The lowest BCUT2D eigenvalue weighted by atomic mass is 10.1. The molecule has 0 aliphatic heterocycles. The second kappa shape index (κ2) is 9.92. The smallest absolute Gasteiger partial charge is 0.255 e. The van der Waals surface area contributed by atoms with Gasteiger partial charge in [0.15, 0.2) is 0 Å². The van der Waals surface area contributed by atoms with Crippen LogP contribution in [-0.4, -0.2) is 35.6 Å². The van der Waals surface area contributed by atoms with Crippen molar-refractivity contribution in [1.82, 2.24) is 15.2 Å². The highest BCUT2D eigenvalue weighted by Gasteiger charge is 2.30. The fourth-order valence-corrected chi connectivity index (χ4v) is 4.22. The first-order chi connectivity index (χ1) is 16.0. The summed E-state index contributed by atoms with van der Waals surface area (Å²) in [4.78, 5) is 37.5. The molecule has 0 bridgehead atoms. The van der Waals surface area contributed by atoms with Crippen molar-refractivity contribution in [2.45, 2.75) is 31.3 Å². The number of methoxy groups -OCH3 is 1. The Labute approximate surface area is 196 Å². The van der Waals surface area contributed by atoms with E-state index in [0.29, 0.717) is 27.6 Å². The predicted molar refractivity (Wildman–Crippen MR) is 126 cm³/mol. The van der Waals surface area contributed by atoms with Crippen molar-refractivity contribution in [2.24, 2.45) is 0 Å². The van der Waals surface area contributed by atoms with E-state index in [0.717, 1.165) is 19.3 Å². The molecule has 2 aromatic carbocycles. The molecule has 0 saturated heterocycles. The number of halogens is 1. The molecule has 2 amide bonds. The largest absolute Gasteiger partial charge is 0.495 e. The fourth-order valence-electron chi connectivity index (χ4n) is 4.02. The SMILES string of the molecule is COc1cc(C(=O)NC2CCC[C@@H]2NC(=O)c2ccc(-n3ccccc3=O)cc2)ccc1Cl. The molecule has 1 heterocycles. The van der Waals surface area contributed by atoms with Gasteiger partial charge in [-0.2, -0.15) is 0 Å². The normalized spacial score (nSPS) is 17.4. The molecule has 3 aromatic rings. The van der Waals surface area contributed by atoms with Gasteiger partial charge in [0.25, 0.3) is 17.4 Å². The number of carbonyl (C=O) groups is 2. The van der Waals surface area contributed by atoms with Crippen molar-refractivity contribution >= 4 is 23.4 Å². The number of ether oxygens (including phenoxy) is 1. The summed E-state index contributed by atoms with van der Waals surface area (Å²) in [5.74, 6) is -0.0307. The van der Waals surface area contributed by atoms with E-state index in [1.807, 2.05) is 0 Å². The molecule has 1 aromatic heterocycles. The molecule has 1 fully saturated rings. The molecular formula is C25H24ClN3O4. The fraction of sp³-hybridized carbons (Fsp3) is 0.240. The van der Waals surface area contributed by atoms with Gasteiger partial charge in [0.05, 0.1) is 12.1 Å². The molecule has 2 N–H and O–H groups in total. The Morgan fingerprint density at radius 2 is 1.58 bits per heavy atom. The Kier molecular flexibility index (Phi) is 6.79. The summed E-state index contributed by atoms with van der Waals surface area (Å²) in [5, 5.41) is 6.49. The first-order valence-corrected chi connectivity index (χ1v) is 11.1. The van der Waals surface area contributed by atoms with E-state index in [4.69, 9.17) is 16.3 Å². The van der Waals surface area contributed by atoms with Crippen LogP contribution in [0.2, 0.25) is 5.02 Å². The highest BCUT2D eigenvalue weighted by molar-refractivity contribution is 6.32. The van der Waals surface area contributed by atoms with Gasteiger partial charge in [-0.05, 0) is 67.8 Å². The van der Waals surface area contributed by atoms with Gasteiger partial charge in [-0.15, -0.1) is 0 Å². The van der Waals surface area contributed by atoms with Crippen LogP contribution in [0, 0.1) is 0 Å². The van der Waals surface area contributed by atoms with Crippen LogP contribution in [0.3, 0.4) is 0 Å². The second-order valence-electron chi connectivity index (χ2n) is 7.90. The van der Waals surface area contributed by atoms with Gasteiger partial charge in [0, 0.05) is 41.2 Å². The highest BCUT2D eigenvalue weighted by atomic mass is 35.5. The molecule has 170 valence electrons.